The molecule has 8 nitrogen and oxygen atoms in total. The van der Waals surface area contributed by atoms with Crippen LogP contribution in [0.2, 0.25) is 0 Å². The number of carbonyl (C=O) groups is 1. The van der Waals surface area contributed by atoms with Crippen LogP contribution in [0.3, 0.4) is 0 Å². The normalized spacial score (nSPS) is 23.4. The van der Waals surface area contributed by atoms with E-state index in [1.807, 2.05) is 65.5 Å². The highest BCUT2D eigenvalue weighted by molar-refractivity contribution is 5.79. The summed E-state index contributed by atoms with van der Waals surface area (Å²) in [7, 11) is 1.66. The number of para-hydroxylation sites is 2. The van der Waals surface area contributed by atoms with Gasteiger partial charge in [-0.1, -0.05) is 41.6 Å². The van der Waals surface area contributed by atoms with Crippen LogP contribution in [0, 0.1) is 11.8 Å². The molecule has 0 radical (unpaired) electrons. The van der Waals surface area contributed by atoms with Crippen molar-refractivity contribution in [3.05, 3.63) is 72.1 Å². The molecule has 3 fully saturated rings. The fourth-order valence-electron chi connectivity index (χ4n) is 5.17. The molecule has 8 heteroatoms. The summed E-state index contributed by atoms with van der Waals surface area (Å²) in [5.74, 6) is 2.20. The van der Waals surface area contributed by atoms with Crippen molar-refractivity contribution in [3.8, 4) is 11.5 Å². The van der Waals surface area contributed by atoms with E-state index >= 15 is 0 Å². The first kappa shape index (κ1) is 22.4. The molecule has 6 rings (SSSR count). The van der Waals surface area contributed by atoms with Gasteiger partial charge >= 0.3 is 0 Å². The maximum absolute atomic E-state index is 13.0. The lowest BCUT2D eigenvalue weighted by molar-refractivity contribution is -0.133. The van der Waals surface area contributed by atoms with E-state index < -0.39 is 0 Å². The Bertz CT molecular complexity index is 1100. The van der Waals surface area contributed by atoms with E-state index in [-0.39, 0.29) is 11.8 Å². The summed E-state index contributed by atoms with van der Waals surface area (Å²) in [4.78, 5) is 15.4. The Morgan fingerprint density at radius 1 is 1.15 bits per heavy atom. The second kappa shape index (κ2) is 10.3. The van der Waals surface area contributed by atoms with Crippen molar-refractivity contribution in [2.45, 2.75) is 38.6 Å². The van der Waals surface area contributed by atoms with E-state index in [2.05, 4.69) is 20.5 Å². The Morgan fingerprint density at radius 3 is 2.76 bits per heavy atom. The van der Waals surface area contributed by atoms with Crippen LogP contribution in [0.5, 0.6) is 11.5 Å². The number of piperidine rings is 3. The number of carbonyl (C=O) groups excluding carboxylic acids is 1. The highest BCUT2D eigenvalue weighted by Gasteiger charge is 2.43. The summed E-state index contributed by atoms with van der Waals surface area (Å²) >= 11 is 0. The summed E-state index contributed by atoms with van der Waals surface area (Å²) < 4.78 is 13.1. The van der Waals surface area contributed by atoms with Gasteiger partial charge < -0.3 is 14.8 Å². The first-order chi connectivity index (χ1) is 16.7. The predicted molar refractivity (Wildman–Crippen MR) is 127 cm³/mol. The van der Waals surface area contributed by atoms with Crippen molar-refractivity contribution in [3.63, 3.8) is 0 Å². The molecule has 3 saturated heterocycles. The van der Waals surface area contributed by atoms with Gasteiger partial charge in [-0.3, -0.25) is 14.4 Å². The van der Waals surface area contributed by atoms with E-state index in [9.17, 15) is 4.79 Å². The van der Waals surface area contributed by atoms with Crippen molar-refractivity contribution in [2.24, 2.45) is 11.8 Å². The summed E-state index contributed by atoms with van der Waals surface area (Å²) in [6.07, 6.45) is 4.03. The number of ether oxygens (including phenoxy) is 2. The first-order valence-corrected chi connectivity index (χ1v) is 11.9. The zero-order chi connectivity index (χ0) is 23.3. The number of methoxy groups -OCH3 is 1. The number of nitrogens with one attached hydrogen (secondary N) is 1. The van der Waals surface area contributed by atoms with Gasteiger partial charge in [-0.25, -0.2) is 0 Å². The van der Waals surface area contributed by atoms with Crippen LogP contribution in [0.15, 0.2) is 60.8 Å². The fourth-order valence-corrected chi connectivity index (χ4v) is 5.17. The SMILES string of the molecule is COc1ccccc1CNC(=O)[C@H]1CN2CC[C@H]1C[C@@H]2Cn1cc(COc2ccccc2)nn1. The van der Waals surface area contributed by atoms with Crippen molar-refractivity contribution in [2.75, 3.05) is 20.2 Å². The minimum Gasteiger partial charge on any atom is -0.496 e. The fraction of sp³-hybridized carbons (Fsp3) is 0.423. The van der Waals surface area contributed by atoms with Crippen molar-refractivity contribution >= 4 is 5.91 Å². The summed E-state index contributed by atoms with van der Waals surface area (Å²) in [5, 5.41) is 11.7. The lowest BCUT2D eigenvalue weighted by atomic mass is 9.75. The van der Waals surface area contributed by atoms with Crippen molar-refractivity contribution < 1.29 is 14.3 Å². The maximum Gasteiger partial charge on any atom is 0.224 e. The zero-order valence-corrected chi connectivity index (χ0v) is 19.5. The standard InChI is InChI=1S/C26H31N5O3/c1-33-25-10-6-5-7-20(25)14-27-26(32)24-17-30-12-11-19(24)13-22(30)16-31-15-21(28-29-31)18-34-23-8-3-2-4-9-23/h2-10,15,19,22,24H,11-14,16-18H2,1H3,(H,27,32)/t19-,22+,24-/m0/s1. The number of fused-ring (bicyclic) bond motifs is 3. The quantitative estimate of drug-likeness (QED) is 0.528. The molecule has 3 aliphatic rings. The Labute approximate surface area is 199 Å². The third-order valence-electron chi connectivity index (χ3n) is 6.97. The molecule has 0 aliphatic carbocycles. The van der Waals surface area contributed by atoms with Crippen LogP contribution >= 0.6 is 0 Å². The van der Waals surface area contributed by atoms with Gasteiger partial charge in [0, 0.05) is 24.7 Å². The van der Waals surface area contributed by atoms with Crippen LogP contribution in [0.4, 0.5) is 0 Å². The van der Waals surface area contributed by atoms with Gasteiger partial charge in [-0.15, -0.1) is 5.10 Å². The van der Waals surface area contributed by atoms with Gasteiger partial charge in [-0.2, -0.15) is 0 Å². The van der Waals surface area contributed by atoms with Crippen LogP contribution < -0.4 is 14.8 Å². The van der Waals surface area contributed by atoms with E-state index in [1.54, 1.807) is 7.11 Å². The lowest BCUT2D eigenvalue weighted by Crippen LogP contribution is -2.58. The largest absolute Gasteiger partial charge is 0.496 e. The predicted octanol–water partition coefficient (Wildman–Crippen LogP) is 2.89. The molecule has 3 aromatic rings. The Kier molecular flexibility index (Phi) is 6.76. The Morgan fingerprint density at radius 2 is 1.97 bits per heavy atom. The Balaban J connectivity index is 1.13. The minimum atomic E-state index is 0.0327. The molecular weight excluding hydrogens is 430 g/mol. The highest BCUT2D eigenvalue weighted by atomic mass is 16.5. The van der Waals surface area contributed by atoms with Gasteiger partial charge in [0.2, 0.25) is 5.91 Å². The van der Waals surface area contributed by atoms with Gasteiger partial charge in [0.05, 0.1) is 25.8 Å². The van der Waals surface area contributed by atoms with E-state index in [4.69, 9.17) is 9.47 Å². The maximum atomic E-state index is 13.0. The molecule has 0 spiro atoms. The summed E-state index contributed by atoms with van der Waals surface area (Å²) in [6, 6.07) is 17.9. The summed E-state index contributed by atoms with van der Waals surface area (Å²) in [5.41, 5.74) is 1.81. The molecule has 4 atom stereocenters. The van der Waals surface area contributed by atoms with Crippen LogP contribution in [-0.4, -0.2) is 52.0 Å². The highest BCUT2D eigenvalue weighted by Crippen LogP contribution is 2.37. The third-order valence-corrected chi connectivity index (χ3v) is 6.97. The van der Waals surface area contributed by atoms with Gasteiger partial charge in [0.1, 0.15) is 23.8 Å². The molecule has 0 saturated carbocycles. The minimum absolute atomic E-state index is 0.0327. The van der Waals surface area contributed by atoms with E-state index in [0.717, 1.165) is 55.2 Å². The number of benzene rings is 2. The van der Waals surface area contributed by atoms with Crippen LogP contribution in [0.25, 0.3) is 0 Å². The lowest BCUT2D eigenvalue weighted by Gasteiger charge is -2.49. The number of amides is 1. The van der Waals surface area contributed by atoms with E-state index in [1.165, 1.54) is 0 Å². The second-order valence-corrected chi connectivity index (χ2v) is 9.10. The second-order valence-electron chi connectivity index (χ2n) is 9.10. The number of hydrogen-bond acceptors (Lipinski definition) is 6. The molecule has 34 heavy (non-hydrogen) atoms. The average Bonchev–Trinajstić information content (AvgIpc) is 3.34. The molecule has 1 unspecified atom stereocenters. The molecule has 2 bridgehead atoms. The summed E-state index contributed by atoms with van der Waals surface area (Å²) in [6.45, 7) is 3.50. The number of aromatic nitrogens is 3. The van der Waals surface area contributed by atoms with Crippen LogP contribution in [0.1, 0.15) is 24.1 Å². The molecular formula is C26H31N5O3. The van der Waals surface area contributed by atoms with Gasteiger partial charge in [0.15, 0.2) is 0 Å². The van der Waals surface area contributed by atoms with Crippen LogP contribution in [-0.2, 0) is 24.5 Å². The topological polar surface area (TPSA) is 81.5 Å². The molecule has 2 aromatic carbocycles. The monoisotopic (exact) mass is 461 g/mol. The number of nitrogens with zero attached hydrogens (tertiary/aromatic N) is 4. The number of hydrogen-bond donors (Lipinski definition) is 1. The van der Waals surface area contributed by atoms with Crippen molar-refractivity contribution in [1.29, 1.82) is 0 Å². The first-order valence-electron chi connectivity index (χ1n) is 11.9. The molecule has 1 amide bonds. The Hall–Kier alpha value is -3.39. The van der Waals surface area contributed by atoms with Gasteiger partial charge in [-0.05, 0) is 43.5 Å². The third kappa shape index (κ3) is 5.07. The smallest absolute Gasteiger partial charge is 0.224 e. The number of rotatable bonds is 9. The molecule has 3 aliphatic heterocycles. The molecule has 4 heterocycles. The molecule has 178 valence electrons. The average molecular weight is 462 g/mol. The van der Waals surface area contributed by atoms with E-state index in [0.29, 0.717) is 25.1 Å². The van der Waals surface area contributed by atoms with Gasteiger partial charge in [0.25, 0.3) is 0 Å². The zero-order valence-electron chi connectivity index (χ0n) is 19.5. The molecule has 1 N–H and O–H groups in total. The van der Waals surface area contributed by atoms with Crippen molar-refractivity contribution in [1.82, 2.24) is 25.2 Å². The molecule has 1 aromatic heterocycles.